The van der Waals surface area contributed by atoms with Gasteiger partial charge in [-0.05, 0) is 44.4 Å². The first kappa shape index (κ1) is 13.6. The maximum absolute atomic E-state index is 12.5. The molecule has 21 heavy (non-hydrogen) atoms. The third-order valence-electron chi connectivity index (χ3n) is 5.17. The molecule has 2 unspecified atom stereocenters. The minimum atomic E-state index is 0.118. The Hall–Kier alpha value is -1.10. The monoisotopic (exact) mass is 305 g/mol. The Morgan fingerprint density at radius 3 is 3.00 bits per heavy atom. The summed E-state index contributed by atoms with van der Waals surface area (Å²) in [6.07, 6.45) is 8.84. The first-order valence-corrected chi connectivity index (χ1v) is 9.18. The molecule has 1 aliphatic heterocycles. The number of piperidine rings is 1. The number of rotatable bonds is 3. The average molecular weight is 305 g/mol. The largest absolute Gasteiger partial charge is 0.332 e. The summed E-state index contributed by atoms with van der Waals surface area (Å²) >= 11 is 1.75. The van der Waals surface area contributed by atoms with Crippen LogP contribution in [0.15, 0.2) is 5.38 Å². The average Bonchev–Trinajstić information content (AvgIpc) is 3.06. The van der Waals surface area contributed by atoms with E-state index in [1.165, 1.54) is 43.5 Å². The van der Waals surface area contributed by atoms with E-state index in [-0.39, 0.29) is 6.03 Å². The van der Waals surface area contributed by atoms with Gasteiger partial charge >= 0.3 is 6.03 Å². The van der Waals surface area contributed by atoms with Gasteiger partial charge in [0, 0.05) is 23.9 Å². The number of amides is 2. The Labute approximate surface area is 129 Å². The third kappa shape index (κ3) is 2.80. The fourth-order valence-corrected chi connectivity index (χ4v) is 4.89. The normalized spacial score (nSPS) is 28.5. The summed E-state index contributed by atoms with van der Waals surface area (Å²) in [4.78, 5) is 19.2. The van der Waals surface area contributed by atoms with Crippen molar-refractivity contribution < 1.29 is 4.79 Å². The number of fused-ring (bicyclic) bond motifs is 1. The standard InChI is InChI=1S/C16H23N3OS/c20-16(19-8-2-4-11-3-1-5-14(11)19)17-9-13-10-21-15(18-13)12-6-7-12/h10-12,14H,1-9H2,(H,17,20). The van der Waals surface area contributed by atoms with Crippen molar-refractivity contribution in [3.05, 3.63) is 16.1 Å². The molecule has 1 aromatic rings. The molecule has 2 saturated carbocycles. The molecule has 2 heterocycles. The topological polar surface area (TPSA) is 45.2 Å². The molecule has 114 valence electrons. The van der Waals surface area contributed by atoms with Gasteiger partial charge in [-0.25, -0.2) is 9.78 Å². The Bertz CT molecular complexity index is 525. The number of urea groups is 1. The summed E-state index contributed by atoms with van der Waals surface area (Å²) in [5.74, 6) is 1.46. The van der Waals surface area contributed by atoms with Crippen LogP contribution < -0.4 is 5.32 Å². The van der Waals surface area contributed by atoms with Gasteiger partial charge < -0.3 is 10.2 Å². The maximum Gasteiger partial charge on any atom is 0.317 e. The minimum Gasteiger partial charge on any atom is -0.332 e. The van der Waals surface area contributed by atoms with E-state index in [4.69, 9.17) is 0 Å². The zero-order chi connectivity index (χ0) is 14.2. The smallest absolute Gasteiger partial charge is 0.317 e. The highest BCUT2D eigenvalue weighted by atomic mass is 32.1. The van der Waals surface area contributed by atoms with Crippen molar-refractivity contribution in [2.45, 2.75) is 63.5 Å². The van der Waals surface area contributed by atoms with Crippen molar-refractivity contribution in [1.29, 1.82) is 0 Å². The van der Waals surface area contributed by atoms with Crippen LogP contribution in [0.1, 0.15) is 61.6 Å². The van der Waals surface area contributed by atoms with Crippen molar-refractivity contribution in [1.82, 2.24) is 15.2 Å². The van der Waals surface area contributed by atoms with Crippen LogP contribution >= 0.6 is 11.3 Å². The highest BCUT2D eigenvalue weighted by Gasteiger charge is 2.37. The van der Waals surface area contributed by atoms with Crippen LogP contribution in [0.5, 0.6) is 0 Å². The van der Waals surface area contributed by atoms with Gasteiger partial charge in [0.2, 0.25) is 0 Å². The van der Waals surface area contributed by atoms with Crippen LogP contribution in [0.2, 0.25) is 0 Å². The summed E-state index contributed by atoms with van der Waals surface area (Å²) in [6, 6.07) is 0.615. The number of carbonyl (C=O) groups excluding carboxylic acids is 1. The highest BCUT2D eigenvalue weighted by molar-refractivity contribution is 7.09. The molecular weight excluding hydrogens is 282 g/mol. The molecule has 1 N–H and O–H groups in total. The summed E-state index contributed by atoms with van der Waals surface area (Å²) in [7, 11) is 0. The molecule has 0 spiro atoms. The zero-order valence-electron chi connectivity index (χ0n) is 12.4. The molecule has 1 aromatic heterocycles. The van der Waals surface area contributed by atoms with Gasteiger partial charge in [-0.1, -0.05) is 6.42 Å². The first-order chi connectivity index (χ1) is 10.3. The SMILES string of the molecule is O=C(NCc1csc(C2CC2)n1)N1CCCC2CCCC21. The van der Waals surface area contributed by atoms with Crippen LogP contribution in [0.4, 0.5) is 4.79 Å². The van der Waals surface area contributed by atoms with Crippen molar-refractivity contribution >= 4 is 17.4 Å². The number of aromatic nitrogens is 1. The number of thiazole rings is 1. The Morgan fingerprint density at radius 1 is 1.29 bits per heavy atom. The van der Waals surface area contributed by atoms with E-state index in [0.29, 0.717) is 18.5 Å². The van der Waals surface area contributed by atoms with Crippen molar-refractivity contribution in [2.75, 3.05) is 6.54 Å². The Balaban J connectivity index is 1.34. The minimum absolute atomic E-state index is 0.118. The van der Waals surface area contributed by atoms with E-state index in [9.17, 15) is 4.79 Å². The number of nitrogens with one attached hydrogen (secondary N) is 1. The molecule has 0 bridgehead atoms. The summed E-state index contributed by atoms with van der Waals surface area (Å²) in [5, 5.41) is 6.44. The Kier molecular flexibility index (Phi) is 3.61. The lowest BCUT2D eigenvalue weighted by molar-refractivity contribution is 0.128. The van der Waals surface area contributed by atoms with Crippen LogP contribution in [0.25, 0.3) is 0 Å². The molecule has 2 amide bonds. The highest BCUT2D eigenvalue weighted by Crippen LogP contribution is 2.41. The molecule has 4 rings (SSSR count). The molecule has 3 fully saturated rings. The first-order valence-electron chi connectivity index (χ1n) is 8.30. The van der Waals surface area contributed by atoms with E-state index in [1.54, 1.807) is 11.3 Å². The van der Waals surface area contributed by atoms with E-state index >= 15 is 0 Å². The fraction of sp³-hybridized carbons (Fsp3) is 0.750. The number of hydrogen-bond acceptors (Lipinski definition) is 3. The number of likely N-dealkylation sites (tertiary alicyclic amines) is 1. The molecule has 2 aliphatic carbocycles. The van der Waals surface area contributed by atoms with Gasteiger partial charge in [-0.15, -0.1) is 11.3 Å². The number of carbonyl (C=O) groups is 1. The van der Waals surface area contributed by atoms with Gasteiger partial charge in [-0.2, -0.15) is 0 Å². The van der Waals surface area contributed by atoms with Crippen LogP contribution in [0.3, 0.4) is 0 Å². The molecule has 4 nitrogen and oxygen atoms in total. The second-order valence-corrected chi connectivity index (χ2v) is 7.59. The second-order valence-electron chi connectivity index (χ2n) is 6.70. The quantitative estimate of drug-likeness (QED) is 0.929. The van der Waals surface area contributed by atoms with Gasteiger partial charge in [0.15, 0.2) is 0 Å². The lowest BCUT2D eigenvalue weighted by Crippen LogP contribution is -2.50. The van der Waals surface area contributed by atoms with Crippen molar-refractivity contribution in [3.63, 3.8) is 0 Å². The summed E-state index contributed by atoms with van der Waals surface area (Å²) < 4.78 is 0. The van der Waals surface area contributed by atoms with Gasteiger partial charge in [0.1, 0.15) is 0 Å². The van der Waals surface area contributed by atoms with Gasteiger partial charge in [-0.3, -0.25) is 0 Å². The molecular formula is C16H23N3OS. The molecule has 2 atom stereocenters. The van der Waals surface area contributed by atoms with Gasteiger partial charge in [0.25, 0.3) is 0 Å². The number of hydrogen-bond donors (Lipinski definition) is 1. The molecule has 1 saturated heterocycles. The third-order valence-corrected chi connectivity index (χ3v) is 6.23. The van der Waals surface area contributed by atoms with Crippen LogP contribution in [-0.4, -0.2) is 28.5 Å². The molecule has 3 aliphatic rings. The fourth-order valence-electron chi connectivity index (χ4n) is 3.90. The van der Waals surface area contributed by atoms with Crippen molar-refractivity contribution in [2.24, 2.45) is 5.92 Å². The van der Waals surface area contributed by atoms with Crippen LogP contribution in [-0.2, 0) is 6.54 Å². The second kappa shape index (κ2) is 5.59. The molecule has 5 heteroatoms. The molecule has 0 aromatic carbocycles. The summed E-state index contributed by atoms with van der Waals surface area (Å²) in [6.45, 7) is 1.51. The Morgan fingerprint density at radius 2 is 2.14 bits per heavy atom. The van der Waals surface area contributed by atoms with Crippen molar-refractivity contribution in [3.8, 4) is 0 Å². The zero-order valence-corrected chi connectivity index (χ0v) is 13.2. The lowest BCUT2D eigenvalue weighted by atomic mass is 9.92. The number of nitrogens with zero attached hydrogens (tertiary/aromatic N) is 2. The van der Waals surface area contributed by atoms with E-state index in [2.05, 4.69) is 20.6 Å². The molecule has 0 radical (unpaired) electrons. The lowest BCUT2D eigenvalue weighted by Gasteiger charge is -2.37. The predicted octanol–water partition coefficient (Wildman–Crippen LogP) is 3.49. The van der Waals surface area contributed by atoms with E-state index in [0.717, 1.165) is 24.6 Å². The maximum atomic E-state index is 12.5. The van der Waals surface area contributed by atoms with E-state index in [1.807, 2.05) is 0 Å². The van der Waals surface area contributed by atoms with Crippen LogP contribution in [0, 0.1) is 5.92 Å². The summed E-state index contributed by atoms with van der Waals surface area (Å²) in [5.41, 5.74) is 1.02. The van der Waals surface area contributed by atoms with Gasteiger partial charge in [0.05, 0.1) is 17.2 Å². The van der Waals surface area contributed by atoms with E-state index < -0.39 is 0 Å². The predicted molar refractivity (Wildman–Crippen MR) is 83.4 cm³/mol.